The molecule has 0 radical (unpaired) electrons. The van der Waals surface area contributed by atoms with Crippen LogP contribution in [0.25, 0.3) is 32.1 Å². The van der Waals surface area contributed by atoms with Crippen molar-refractivity contribution in [3.8, 4) is 29.0 Å². The average molecular weight is 722 g/mol. The fourth-order valence-electron chi connectivity index (χ4n) is 7.35. The number of nitrogens with two attached hydrogens (primary N) is 1. The van der Waals surface area contributed by atoms with Crippen molar-refractivity contribution >= 4 is 60.5 Å². The van der Waals surface area contributed by atoms with Crippen LogP contribution >= 0.6 is 22.9 Å². The normalized spacial score (nSPS) is 22.4. The van der Waals surface area contributed by atoms with E-state index in [0.29, 0.717) is 13.0 Å². The second-order valence-electron chi connectivity index (χ2n) is 12.3. The van der Waals surface area contributed by atoms with E-state index in [0.717, 1.165) is 23.8 Å². The number of hydrogen-bond donors (Lipinski definition) is 1. The van der Waals surface area contributed by atoms with Crippen LogP contribution in [0.15, 0.2) is 17.3 Å². The van der Waals surface area contributed by atoms with Gasteiger partial charge in [-0.2, -0.15) is 15.2 Å². The van der Waals surface area contributed by atoms with E-state index in [-0.39, 0.29) is 97.2 Å². The molecule has 5 heterocycles. The third kappa shape index (κ3) is 5.42. The summed E-state index contributed by atoms with van der Waals surface area (Å²) in [7, 11) is 1.30. The van der Waals surface area contributed by atoms with Crippen molar-refractivity contribution in [1.29, 1.82) is 5.26 Å². The van der Waals surface area contributed by atoms with Gasteiger partial charge < -0.3 is 24.9 Å². The molecular weight excluding hydrogens is 693 g/mol. The van der Waals surface area contributed by atoms with Gasteiger partial charge in [0.2, 0.25) is 0 Å². The molecule has 10 nitrogen and oxygen atoms in total. The van der Waals surface area contributed by atoms with Crippen LogP contribution in [-0.4, -0.2) is 84.7 Å². The fourth-order valence-corrected chi connectivity index (χ4v) is 8.63. The summed E-state index contributed by atoms with van der Waals surface area (Å²) in [5, 5.41) is 13.5. The molecule has 2 aromatic carbocycles. The Morgan fingerprint density at radius 3 is 2.84 bits per heavy atom. The van der Waals surface area contributed by atoms with Crippen molar-refractivity contribution < 1.29 is 36.3 Å². The molecule has 0 spiro atoms. The molecule has 2 aromatic heterocycles. The van der Waals surface area contributed by atoms with Gasteiger partial charge in [0.05, 0.1) is 38.5 Å². The van der Waals surface area contributed by atoms with Crippen LogP contribution in [0.2, 0.25) is 5.02 Å². The molecule has 3 aliphatic rings. The van der Waals surface area contributed by atoms with Gasteiger partial charge >= 0.3 is 6.01 Å². The number of anilines is 2. The summed E-state index contributed by atoms with van der Waals surface area (Å²) in [6, 6.07) is 3.01. The van der Waals surface area contributed by atoms with Gasteiger partial charge in [0.25, 0.3) is 6.43 Å². The zero-order valence-corrected chi connectivity index (χ0v) is 27.8. The molecule has 0 saturated carbocycles. The fraction of sp³-hybridized carbons (Fsp3) is 0.438. The number of rotatable bonds is 8. The first-order valence-corrected chi connectivity index (χ1v) is 16.6. The highest BCUT2D eigenvalue weighted by Crippen LogP contribution is 2.51. The number of alkyl halides is 3. The van der Waals surface area contributed by atoms with Gasteiger partial charge in [-0.05, 0) is 37.9 Å². The van der Waals surface area contributed by atoms with Crippen molar-refractivity contribution in [2.24, 2.45) is 5.16 Å². The highest BCUT2D eigenvalue weighted by molar-refractivity contribution is 7.23. The maximum Gasteiger partial charge on any atom is 0.319 e. The van der Waals surface area contributed by atoms with Crippen LogP contribution < -0.4 is 20.1 Å². The average Bonchev–Trinajstić information content (AvgIpc) is 3.67. The number of fused-ring (bicyclic) bond motifs is 2. The molecule has 49 heavy (non-hydrogen) atoms. The Bertz CT molecular complexity index is 2060. The predicted molar refractivity (Wildman–Crippen MR) is 176 cm³/mol. The number of ether oxygens (including phenoxy) is 2. The van der Waals surface area contributed by atoms with Crippen LogP contribution in [0.1, 0.15) is 31.7 Å². The number of aromatic nitrogens is 2. The van der Waals surface area contributed by atoms with Crippen LogP contribution in [0, 0.1) is 23.0 Å². The molecule has 3 aliphatic heterocycles. The van der Waals surface area contributed by atoms with Gasteiger partial charge in [0, 0.05) is 23.9 Å². The topological polar surface area (TPSA) is 122 Å². The Morgan fingerprint density at radius 1 is 1.31 bits per heavy atom. The van der Waals surface area contributed by atoms with Crippen LogP contribution in [0.4, 0.5) is 32.8 Å². The summed E-state index contributed by atoms with van der Waals surface area (Å²) >= 11 is 7.76. The lowest BCUT2D eigenvalue weighted by Gasteiger charge is -2.32. The molecule has 0 aliphatic carbocycles. The SMILES string of the molecule is CON=C(C)[C@H]1COc2c(Cl)c(-c3ccc(F)c4sc(N)c(C#N)c34)c(F)c3nc(OC[C@@]45CCCN4C[C@H](F)C5)nc(c23)N1CC(F)F. The number of thiophene rings is 1. The second kappa shape index (κ2) is 12.6. The second-order valence-corrected chi connectivity index (χ2v) is 13.7. The summed E-state index contributed by atoms with van der Waals surface area (Å²) in [4.78, 5) is 17.1. The first kappa shape index (κ1) is 33.3. The number of hydrogen-bond acceptors (Lipinski definition) is 11. The minimum absolute atomic E-state index is 0.0129. The Hall–Kier alpha value is -4.20. The summed E-state index contributed by atoms with van der Waals surface area (Å²) in [5.41, 5.74) is 4.98. The number of nitrogen functional groups attached to an aromatic ring is 1. The molecule has 2 saturated heterocycles. The Morgan fingerprint density at radius 2 is 2.10 bits per heavy atom. The summed E-state index contributed by atoms with van der Waals surface area (Å²) in [5.74, 6) is -1.99. The lowest BCUT2D eigenvalue weighted by molar-refractivity contribution is 0.107. The van der Waals surface area contributed by atoms with Crippen molar-refractivity contribution in [3.05, 3.63) is 34.4 Å². The van der Waals surface area contributed by atoms with E-state index in [1.807, 2.05) is 11.0 Å². The van der Waals surface area contributed by atoms with Crippen LogP contribution in [0.5, 0.6) is 11.8 Å². The molecule has 0 amide bonds. The van der Waals surface area contributed by atoms with E-state index in [2.05, 4.69) is 15.1 Å². The number of halogens is 6. The predicted octanol–water partition coefficient (Wildman–Crippen LogP) is 6.71. The van der Waals surface area contributed by atoms with Crippen LogP contribution in [0.3, 0.4) is 0 Å². The van der Waals surface area contributed by atoms with E-state index >= 15 is 4.39 Å². The summed E-state index contributed by atoms with van der Waals surface area (Å²) in [6.07, 6.45) is -2.19. The van der Waals surface area contributed by atoms with Crippen LogP contribution in [-0.2, 0) is 4.84 Å². The quantitative estimate of drug-likeness (QED) is 0.120. The smallest absolute Gasteiger partial charge is 0.319 e. The minimum Gasteiger partial charge on any atom is -0.489 e. The minimum atomic E-state index is -2.87. The zero-order valence-electron chi connectivity index (χ0n) is 26.2. The van der Waals surface area contributed by atoms with E-state index in [4.69, 9.17) is 31.6 Å². The highest BCUT2D eigenvalue weighted by Gasteiger charge is 2.49. The Kier molecular flexibility index (Phi) is 8.56. The third-order valence-corrected chi connectivity index (χ3v) is 10.8. The lowest BCUT2D eigenvalue weighted by Crippen LogP contribution is -2.46. The molecule has 4 aromatic rings. The first-order valence-electron chi connectivity index (χ1n) is 15.4. The molecule has 2 N–H and O–H groups in total. The van der Waals surface area contributed by atoms with Gasteiger partial charge in [-0.25, -0.2) is 22.0 Å². The maximum atomic E-state index is 17.1. The molecule has 17 heteroatoms. The number of nitrogens with zero attached hydrogens (tertiary/aromatic N) is 6. The lowest BCUT2D eigenvalue weighted by atomic mass is 9.95. The molecule has 0 bridgehead atoms. The van der Waals surface area contributed by atoms with E-state index in [1.165, 1.54) is 18.1 Å². The Balaban J connectivity index is 1.49. The largest absolute Gasteiger partial charge is 0.489 e. The van der Waals surface area contributed by atoms with Crippen molar-refractivity contribution in [3.63, 3.8) is 0 Å². The molecule has 3 atom stereocenters. The van der Waals surface area contributed by atoms with E-state index in [9.17, 15) is 22.8 Å². The third-order valence-electron chi connectivity index (χ3n) is 9.46. The highest BCUT2D eigenvalue weighted by atomic mass is 35.5. The van der Waals surface area contributed by atoms with Gasteiger partial charge in [-0.3, -0.25) is 4.90 Å². The Labute approximate surface area is 285 Å². The van der Waals surface area contributed by atoms with Gasteiger partial charge in [-0.1, -0.05) is 22.8 Å². The van der Waals surface area contributed by atoms with Gasteiger partial charge in [0.1, 0.15) is 60.8 Å². The van der Waals surface area contributed by atoms with Gasteiger partial charge in [-0.15, -0.1) is 11.3 Å². The zero-order chi connectivity index (χ0) is 34.8. The molecule has 2 fully saturated rings. The first-order chi connectivity index (χ1) is 23.5. The van der Waals surface area contributed by atoms with Gasteiger partial charge in [0.15, 0.2) is 11.6 Å². The summed E-state index contributed by atoms with van der Waals surface area (Å²) < 4.78 is 87.4. The number of nitriles is 1. The monoisotopic (exact) mass is 721 g/mol. The standard InChI is InChI=1S/C32H29ClF5N7O3S/c1-14(43-46-2)19-12-47-27-23-26(25(38)22(24(27)33)16-4-5-18(35)28-21(16)17(9-39)29(40)49-28)41-31(42-30(23)45(19)11-20(36)37)48-13-32-6-3-7-44(32)10-15(34)8-32/h4-5,15,19-20H,3,6-8,10-13,40H2,1-2H3/t15-,19-,32+/m1/s1. The number of benzene rings is 2. The number of oxime groups is 1. The van der Waals surface area contributed by atoms with Crippen molar-refractivity contribution in [2.45, 2.75) is 50.4 Å². The van der Waals surface area contributed by atoms with Crippen molar-refractivity contribution in [1.82, 2.24) is 14.9 Å². The summed E-state index contributed by atoms with van der Waals surface area (Å²) in [6.45, 7) is 1.32. The molecular formula is C32H29ClF5N7O3S. The van der Waals surface area contributed by atoms with E-state index < -0.39 is 42.4 Å². The van der Waals surface area contributed by atoms with E-state index in [1.54, 1.807) is 6.92 Å². The van der Waals surface area contributed by atoms with Crippen molar-refractivity contribution in [2.75, 3.05) is 50.6 Å². The molecule has 0 unspecified atom stereocenters. The molecule has 258 valence electrons. The molecule has 7 rings (SSSR count). The maximum absolute atomic E-state index is 17.1.